The molecule has 120 valence electrons. The van der Waals surface area contributed by atoms with Gasteiger partial charge in [-0.1, -0.05) is 31.5 Å². The van der Waals surface area contributed by atoms with Gasteiger partial charge in [-0.25, -0.2) is 0 Å². The first-order chi connectivity index (χ1) is 10.9. The molecule has 2 aromatic rings. The van der Waals surface area contributed by atoms with Crippen LogP contribution in [0.15, 0.2) is 42.5 Å². The van der Waals surface area contributed by atoms with Gasteiger partial charge in [-0.15, -0.1) is 0 Å². The summed E-state index contributed by atoms with van der Waals surface area (Å²) >= 11 is 6.04. The van der Waals surface area contributed by atoms with Gasteiger partial charge < -0.3 is 10.6 Å². The zero-order valence-corrected chi connectivity index (χ0v) is 14.1. The summed E-state index contributed by atoms with van der Waals surface area (Å²) in [7, 11) is 0. The van der Waals surface area contributed by atoms with Gasteiger partial charge in [0, 0.05) is 27.9 Å². The van der Waals surface area contributed by atoms with Crippen LogP contribution in [0.4, 0.5) is 11.4 Å². The Hall–Kier alpha value is -2.33. The summed E-state index contributed by atoms with van der Waals surface area (Å²) in [6.45, 7) is 5.54. The third-order valence-corrected chi connectivity index (χ3v) is 3.78. The summed E-state index contributed by atoms with van der Waals surface area (Å²) in [6, 6.07) is 12.2. The minimum absolute atomic E-state index is 0.0453. The number of aryl methyl sites for hydroxylation is 1. The lowest BCUT2D eigenvalue weighted by atomic mass is 10.1. The Bertz CT molecular complexity index is 724. The molecule has 0 saturated heterocycles. The molecule has 0 radical (unpaired) electrons. The van der Waals surface area contributed by atoms with Gasteiger partial charge in [0.05, 0.1) is 0 Å². The van der Waals surface area contributed by atoms with Gasteiger partial charge in [0.15, 0.2) is 0 Å². The molecule has 2 rings (SSSR count). The van der Waals surface area contributed by atoms with Crippen LogP contribution in [-0.4, -0.2) is 11.8 Å². The standard InChI is InChI=1S/C18H19ClN2O2/c1-11(2)17(22)20-14-6-8-15(9-7-14)21-18(23)13-5-4-12(3)16(19)10-13/h4-11H,1-3H3,(H,20,22)(H,21,23). The van der Waals surface area contributed by atoms with E-state index < -0.39 is 0 Å². The molecule has 2 aromatic carbocycles. The number of hydrogen-bond donors (Lipinski definition) is 2. The average Bonchev–Trinajstić information content (AvgIpc) is 2.51. The number of carbonyl (C=O) groups is 2. The van der Waals surface area contributed by atoms with Gasteiger partial charge in [0.25, 0.3) is 5.91 Å². The number of benzene rings is 2. The topological polar surface area (TPSA) is 58.2 Å². The molecule has 0 heterocycles. The fourth-order valence-corrected chi connectivity index (χ4v) is 2.04. The molecule has 0 spiro atoms. The summed E-state index contributed by atoms with van der Waals surface area (Å²) in [5.41, 5.74) is 2.76. The summed E-state index contributed by atoms with van der Waals surface area (Å²) < 4.78 is 0. The van der Waals surface area contributed by atoms with E-state index in [1.165, 1.54) is 0 Å². The molecule has 2 amide bonds. The monoisotopic (exact) mass is 330 g/mol. The molecule has 0 bridgehead atoms. The van der Waals surface area contributed by atoms with Gasteiger partial charge in [-0.05, 0) is 48.9 Å². The minimum atomic E-state index is -0.231. The number of halogens is 1. The highest BCUT2D eigenvalue weighted by atomic mass is 35.5. The van der Waals surface area contributed by atoms with Gasteiger partial charge in [-0.3, -0.25) is 9.59 Å². The summed E-state index contributed by atoms with van der Waals surface area (Å²) in [4.78, 5) is 23.8. The van der Waals surface area contributed by atoms with Crippen molar-refractivity contribution < 1.29 is 9.59 Å². The highest BCUT2D eigenvalue weighted by Crippen LogP contribution is 2.19. The second kappa shape index (κ2) is 7.29. The maximum atomic E-state index is 12.2. The summed E-state index contributed by atoms with van der Waals surface area (Å²) in [5.74, 6) is -0.359. The predicted octanol–water partition coefficient (Wildman–Crippen LogP) is 4.50. The Morgan fingerprint density at radius 2 is 1.52 bits per heavy atom. The van der Waals surface area contributed by atoms with Crippen molar-refractivity contribution in [3.8, 4) is 0 Å². The van der Waals surface area contributed by atoms with Crippen molar-refractivity contribution in [1.82, 2.24) is 0 Å². The maximum Gasteiger partial charge on any atom is 0.255 e. The molecule has 2 N–H and O–H groups in total. The molecule has 5 heteroatoms. The fourth-order valence-electron chi connectivity index (χ4n) is 1.86. The Kier molecular flexibility index (Phi) is 5.40. The molecule has 4 nitrogen and oxygen atoms in total. The van der Waals surface area contributed by atoms with Crippen molar-refractivity contribution in [3.63, 3.8) is 0 Å². The minimum Gasteiger partial charge on any atom is -0.326 e. The molecule has 0 fully saturated rings. The molecule has 0 aliphatic rings. The highest BCUT2D eigenvalue weighted by molar-refractivity contribution is 6.31. The molecular formula is C18H19ClN2O2. The number of carbonyl (C=O) groups excluding carboxylic acids is 2. The van der Waals surface area contributed by atoms with Crippen LogP contribution in [0.3, 0.4) is 0 Å². The van der Waals surface area contributed by atoms with Gasteiger partial charge in [0.1, 0.15) is 0 Å². The number of rotatable bonds is 4. The second-order valence-corrected chi connectivity index (χ2v) is 6.05. The van der Waals surface area contributed by atoms with Crippen LogP contribution >= 0.6 is 11.6 Å². The molecule has 0 saturated carbocycles. The Labute approximate surface area is 140 Å². The molecule has 0 aliphatic heterocycles. The van der Waals surface area contributed by atoms with Crippen molar-refractivity contribution in [2.45, 2.75) is 20.8 Å². The fraction of sp³-hybridized carbons (Fsp3) is 0.222. The zero-order chi connectivity index (χ0) is 17.0. The maximum absolute atomic E-state index is 12.2. The third kappa shape index (κ3) is 4.57. The van der Waals surface area contributed by atoms with E-state index in [1.807, 2.05) is 26.8 Å². The summed E-state index contributed by atoms with van der Waals surface area (Å²) in [6.07, 6.45) is 0. The van der Waals surface area contributed by atoms with Crippen LogP contribution in [0.25, 0.3) is 0 Å². The van der Waals surface area contributed by atoms with Crippen LogP contribution in [0.2, 0.25) is 5.02 Å². The number of hydrogen-bond acceptors (Lipinski definition) is 2. The smallest absolute Gasteiger partial charge is 0.255 e. The highest BCUT2D eigenvalue weighted by Gasteiger charge is 2.09. The van der Waals surface area contributed by atoms with E-state index in [-0.39, 0.29) is 17.7 Å². The van der Waals surface area contributed by atoms with Crippen molar-refractivity contribution in [1.29, 1.82) is 0 Å². The van der Waals surface area contributed by atoms with Gasteiger partial charge in [-0.2, -0.15) is 0 Å². The lowest BCUT2D eigenvalue weighted by Crippen LogP contribution is -2.17. The summed E-state index contributed by atoms with van der Waals surface area (Å²) in [5, 5.41) is 6.16. The third-order valence-electron chi connectivity index (χ3n) is 3.37. The van der Waals surface area contributed by atoms with Crippen molar-refractivity contribution >= 4 is 34.8 Å². The van der Waals surface area contributed by atoms with Crippen molar-refractivity contribution in [2.75, 3.05) is 10.6 Å². The Morgan fingerprint density at radius 3 is 2.04 bits per heavy atom. The van der Waals surface area contributed by atoms with E-state index in [9.17, 15) is 9.59 Å². The number of nitrogens with one attached hydrogen (secondary N) is 2. The SMILES string of the molecule is Cc1ccc(C(=O)Nc2ccc(NC(=O)C(C)C)cc2)cc1Cl. The Balaban J connectivity index is 2.04. The predicted molar refractivity (Wildman–Crippen MR) is 94.1 cm³/mol. The lowest BCUT2D eigenvalue weighted by Gasteiger charge is -2.10. The molecular weight excluding hydrogens is 312 g/mol. The normalized spacial score (nSPS) is 10.5. The van der Waals surface area contributed by atoms with Gasteiger partial charge >= 0.3 is 0 Å². The van der Waals surface area contributed by atoms with E-state index in [0.717, 1.165) is 5.56 Å². The Morgan fingerprint density at radius 1 is 0.957 bits per heavy atom. The first-order valence-electron chi connectivity index (χ1n) is 7.35. The molecule has 0 aliphatic carbocycles. The van der Waals surface area contributed by atoms with Crippen LogP contribution < -0.4 is 10.6 Å². The largest absolute Gasteiger partial charge is 0.326 e. The molecule has 23 heavy (non-hydrogen) atoms. The first-order valence-corrected chi connectivity index (χ1v) is 7.73. The van der Waals surface area contributed by atoms with E-state index in [1.54, 1.807) is 36.4 Å². The lowest BCUT2D eigenvalue weighted by molar-refractivity contribution is -0.118. The number of amides is 2. The van der Waals surface area contributed by atoms with Crippen LogP contribution in [0.5, 0.6) is 0 Å². The van der Waals surface area contributed by atoms with Crippen LogP contribution in [0, 0.1) is 12.8 Å². The van der Waals surface area contributed by atoms with Crippen LogP contribution in [0.1, 0.15) is 29.8 Å². The van der Waals surface area contributed by atoms with E-state index in [2.05, 4.69) is 10.6 Å². The van der Waals surface area contributed by atoms with E-state index >= 15 is 0 Å². The van der Waals surface area contributed by atoms with Gasteiger partial charge in [0.2, 0.25) is 5.91 Å². The zero-order valence-electron chi connectivity index (χ0n) is 13.3. The van der Waals surface area contributed by atoms with E-state index in [4.69, 9.17) is 11.6 Å². The quantitative estimate of drug-likeness (QED) is 0.867. The van der Waals surface area contributed by atoms with Crippen molar-refractivity contribution in [2.24, 2.45) is 5.92 Å². The molecule has 0 aromatic heterocycles. The number of anilines is 2. The first kappa shape index (κ1) is 17.0. The average molecular weight is 331 g/mol. The second-order valence-electron chi connectivity index (χ2n) is 5.64. The molecule has 0 unspecified atom stereocenters. The van der Waals surface area contributed by atoms with Crippen molar-refractivity contribution in [3.05, 3.63) is 58.6 Å². The van der Waals surface area contributed by atoms with E-state index in [0.29, 0.717) is 22.0 Å². The molecule has 0 atom stereocenters. The van der Waals surface area contributed by atoms with Crippen LogP contribution in [-0.2, 0) is 4.79 Å².